The predicted molar refractivity (Wildman–Crippen MR) is 310 cm³/mol. The Kier molecular flexibility index (Phi) is 22.0. The Morgan fingerprint density at radius 1 is 0.714 bits per heavy atom. The zero-order valence-electron chi connectivity index (χ0n) is 46.5. The lowest BCUT2D eigenvalue weighted by Gasteiger charge is -2.32. The zero-order valence-corrected chi connectivity index (χ0v) is 46.5. The van der Waals surface area contributed by atoms with Gasteiger partial charge < -0.3 is 58.1 Å². The summed E-state index contributed by atoms with van der Waals surface area (Å²) < 4.78 is 37.8. The van der Waals surface area contributed by atoms with Crippen LogP contribution in [-0.4, -0.2) is 142 Å². The number of ketones is 1. The average molecular weight is 1050 g/mol. The second-order valence-electron chi connectivity index (χ2n) is 20.1. The minimum atomic E-state index is -0.0852. The van der Waals surface area contributed by atoms with Gasteiger partial charge >= 0.3 is 0 Å². The molecule has 9 rings (SSSR count). The van der Waals surface area contributed by atoms with Gasteiger partial charge in [-0.1, -0.05) is 44.2 Å². The van der Waals surface area contributed by atoms with Crippen LogP contribution in [0.4, 0.5) is 5.69 Å². The molecule has 2 aliphatic heterocycles. The van der Waals surface area contributed by atoms with Gasteiger partial charge in [0.1, 0.15) is 17.1 Å². The fourth-order valence-electron chi connectivity index (χ4n) is 10.9. The van der Waals surface area contributed by atoms with Crippen molar-refractivity contribution in [2.45, 2.75) is 98.6 Å². The summed E-state index contributed by atoms with van der Waals surface area (Å²) in [5.41, 5.74) is 9.85. The van der Waals surface area contributed by atoms with Crippen LogP contribution < -0.4 is 15.4 Å². The molecule has 0 radical (unpaired) electrons. The van der Waals surface area contributed by atoms with Crippen LogP contribution >= 0.6 is 0 Å². The van der Waals surface area contributed by atoms with Gasteiger partial charge in [0.05, 0.1) is 70.5 Å². The maximum absolute atomic E-state index is 14.1. The molecule has 4 aromatic carbocycles. The fraction of sp³-hybridized carbons (Fsp3) is 0.492. The summed E-state index contributed by atoms with van der Waals surface area (Å²) in [5, 5.41) is 10.1. The van der Waals surface area contributed by atoms with E-state index in [0.717, 1.165) is 79.8 Å². The van der Waals surface area contributed by atoms with Crippen LogP contribution in [0.5, 0.6) is 5.75 Å². The van der Waals surface area contributed by atoms with Gasteiger partial charge in [-0.25, -0.2) is 0 Å². The predicted octanol–water partition coefficient (Wildman–Crippen LogP) is 11.4. The monoisotopic (exact) mass is 1050 g/mol. The highest BCUT2D eigenvalue weighted by molar-refractivity contribution is 6.17. The molecule has 3 aromatic heterocycles. The van der Waals surface area contributed by atoms with Gasteiger partial charge in [-0.3, -0.25) is 9.59 Å². The maximum Gasteiger partial charge on any atom is 0.220 e. The first-order valence-corrected chi connectivity index (χ1v) is 28.6. The summed E-state index contributed by atoms with van der Waals surface area (Å²) in [6.07, 6.45) is 9.05. The van der Waals surface area contributed by atoms with Gasteiger partial charge in [0.25, 0.3) is 0 Å². The molecule has 0 unspecified atom stereocenters. The first kappa shape index (κ1) is 57.2. The molecule has 0 spiro atoms. The molecule has 14 nitrogen and oxygen atoms in total. The largest absolute Gasteiger partial charge is 0.493 e. The molecule has 1 amide bonds. The van der Waals surface area contributed by atoms with Crippen molar-refractivity contribution in [1.29, 1.82) is 0 Å². The molecule has 2 saturated heterocycles. The lowest BCUT2D eigenvalue weighted by atomic mass is 9.95. The number of ether oxygens (including phenoxy) is 5. The van der Waals surface area contributed by atoms with Crippen molar-refractivity contribution in [2.24, 2.45) is 0 Å². The smallest absolute Gasteiger partial charge is 0.220 e. The molecule has 3 N–H and O–H groups in total. The van der Waals surface area contributed by atoms with Crippen molar-refractivity contribution in [3.8, 4) is 17.0 Å². The topological polar surface area (TPSA) is 145 Å². The van der Waals surface area contributed by atoms with E-state index in [-0.39, 0.29) is 11.7 Å². The molecular formula is C63H84N6O8. The van der Waals surface area contributed by atoms with Crippen LogP contribution in [0.3, 0.4) is 0 Å². The van der Waals surface area contributed by atoms with Crippen LogP contribution in [0.2, 0.25) is 0 Å². The lowest BCUT2D eigenvalue weighted by Crippen LogP contribution is -2.40. The third-order valence-electron chi connectivity index (χ3n) is 14.8. The van der Waals surface area contributed by atoms with E-state index in [9.17, 15) is 9.59 Å². The van der Waals surface area contributed by atoms with Gasteiger partial charge in [-0.15, -0.1) is 0 Å². The van der Waals surface area contributed by atoms with E-state index in [1.807, 2.05) is 70.3 Å². The van der Waals surface area contributed by atoms with Crippen LogP contribution in [0.15, 0.2) is 95.5 Å². The number of carbonyl (C=O) groups excluding carboxylic acids is 2. The number of hydrogen-bond acceptors (Lipinski definition) is 11. The van der Waals surface area contributed by atoms with E-state index in [4.69, 9.17) is 28.1 Å². The molecule has 0 aliphatic carbocycles. The van der Waals surface area contributed by atoms with E-state index < -0.39 is 0 Å². The first-order valence-electron chi connectivity index (χ1n) is 28.6. The van der Waals surface area contributed by atoms with E-state index in [1.54, 1.807) is 0 Å². The molecule has 7 aromatic rings. The van der Waals surface area contributed by atoms with Crippen LogP contribution in [-0.2, 0) is 36.7 Å². The van der Waals surface area contributed by atoms with Crippen LogP contribution in [0, 0.1) is 13.8 Å². The van der Waals surface area contributed by atoms with Crippen LogP contribution in [0.1, 0.15) is 98.5 Å². The van der Waals surface area contributed by atoms with Crippen LogP contribution in [0.25, 0.3) is 44.0 Å². The van der Waals surface area contributed by atoms with Gasteiger partial charge in [0.15, 0.2) is 5.78 Å². The maximum atomic E-state index is 14.1. The number of anilines is 1. The standard InChI is InChI=1S/C61H78N6O8.C2H6/c1-4-67-54-14-9-13-53(51(54)43-55(67)47-18-19-52-46(42-47)20-23-62-52)64-49-21-28-66(29-22-49)30-33-71-35-37-73-39-38-72-36-34-70-32-24-63-58(68)17-10-16-57-59(50-12-5-6-15-56(50)75-57)60(69)48-40-44(2)61(45(3)41-48)74-31-11-27-65-25-7-8-26-65;1-2/h5-6,9,12-15,18-20,23,40-43,49,62,64H,4,7-8,10-11,16-17,21-22,24-39H2,1-3H3,(H,63,68);1-2H3. The number of amides is 1. The minimum absolute atomic E-state index is 0.0689. The Morgan fingerprint density at radius 2 is 1.42 bits per heavy atom. The molecular weight excluding hydrogens is 969 g/mol. The first-order chi connectivity index (χ1) is 37.8. The Labute approximate surface area is 456 Å². The Balaban J connectivity index is 0.00000387. The molecule has 5 heterocycles. The number of para-hydroxylation sites is 1. The number of hydrogen-bond donors (Lipinski definition) is 3. The summed E-state index contributed by atoms with van der Waals surface area (Å²) in [7, 11) is 0. The second-order valence-corrected chi connectivity index (χ2v) is 20.1. The number of carbonyl (C=O) groups is 2. The van der Waals surface area contributed by atoms with E-state index in [0.29, 0.717) is 114 Å². The number of likely N-dealkylation sites (tertiary alicyclic amines) is 2. The zero-order chi connectivity index (χ0) is 53.8. The summed E-state index contributed by atoms with van der Waals surface area (Å²) in [6.45, 7) is 22.6. The fourth-order valence-corrected chi connectivity index (χ4v) is 10.9. The highest BCUT2D eigenvalue weighted by atomic mass is 16.6. The summed E-state index contributed by atoms with van der Waals surface area (Å²) in [6, 6.07) is 29.7. The Hall–Kier alpha value is -6.00. The molecule has 414 valence electrons. The minimum Gasteiger partial charge on any atom is -0.493 e. The number of piperidine rings is 1. The molecule has 0 bridgehead atoms. The number of furan rings is 1. The average Bonchev–Trinajstić information content (AvgIpc) is 4.31. The molecule has 2 aliphatic rings. The number of rotatable bonds is 30. The van der Waals surface area contributed by atoms with Crippen molar-refractivity contribution in [3.63, 3.8) is 0 Å². The SMILES string of the molecule is CC.CCn1c(-c2ccc3[nH]ccc3c2)cc2c(NC3CCN(CCOCCOCCOCCOCCNC(=O)CCCc4oc5ccccc5c4C(=O)c4cc(C)c(OCCCN5CCCC5)c(C)c4)CC3)cccc21. The highest BCUT2D eigenvalue weighted by Crippen LogP contribution is 2.36. The Morgan fingerprint density at radius 3 is 2.16 bits per heavy atom. The molecule has 14 heteroatoms. The van der Waals surface area contributed by atoms with Gasteiger partial charge in [0, 0.05) is 103 Å². The Bertz CT molecular complexity index is 2920. The number of nitrogens with one attached hydrogen (secondary N) is 3. The second kappa shape index (κ2) is 29.7. The van der Waals surface area contributed by atoms with Crippen molar-refractivity contribution in [2.75, 3.05) is 111 Å². The third-order valence-corrected chi connectivity index (χ3v) is 14.8. The number of H-pyrrole nitrogens is 1. The number of aromatic amines is 1. The molecule has 2 fully saturated rings. The van der Waals surface area contributed by atoms with E-state index in [2.05, 4.69) is 85.4 Å². The summed E-state index contributed by atoms with van der Waals surface area (Å²) in [5.74, 6) is 1.30. The van der Waals surface area contributed by atoms with Gasteiger partial charge in [0.2, 0.25) is 5.91 Å². The van der Waals surface area contributed by atoms with Crippen molar-refractivity contribution >= 4 is 50.2 Å². The molecule has 77 heavy (non-hydrogen) atoms. The number of benzene rings is 4. The molecule has 0 atom stereocenters. The molecule has 0 saturated carbocycles. The summed E-state index contributed by atoms with van der Waals surface area (Å²) in [4.78, 5) is 35.2. The van der Waals surface area contributed by atoms with E-state index in [1.165, 1.54) is 59.2 Å². The lowest BCUT2D eigenvalue weighted by molar-refractivity contribution is -0.121. The van der Waals surface area contributed by atoms with Crippen molar-refractivity contribution < 1.29 is 37.7 Å². The van der Waals surface area contributed by atoms with Gasteiger partial charge in [-0.05, 0) is 144 Å². The normalized spacial score (nSPS) is 14.4. The number of aromatic nitrogens is 2. The quantitative estimate of drug-likeness (QED) is 0.0292. The van der Waals surface area contributed by atoms with E-state index >= 15 is 0 Å². The van der Waals surface area contributed by atoms with Crippen molar-refractivity contribution in [3.05, 3.63) is 119 Å². The van der Waals surface area contributed by atoms with Crippen molar-refractivity contribution in [1.82, 2.24) is 24.7 Å². The van der Waals surface area contributed by atoms with Gasteiger partial charge in [-0.2, -0.15) is 0 Å². The number of aryl methyl sites for hydroxylation is 4. The third kappa shape index (κ3) is 15.6. The number of nitrogens with zero attached hydrogens (tertiary/aromatic N) is 3. The highest BCUT2D eigenvalue weighted by Gasteiger charge is 2.25. The summed E-state index contributed by atoms with van der Waals surface area (Å²) >= 11 is 0. The number of fused-ring (bicyclic) bond motifs is 3.